The van der Waals surface area contributed by atoms with E-state index in [-0.39, 0.29) is 10.3 Å². The molecule has 0 spiro atoms. The average Bonchev–Trinajstić information content (AvgIpc) is 3.20. The van der Waals surface area contributed by atoms with E-state index in [4.69, 9.17) is 33.3 Å². The fourth-order valence-corrected chi connectivity index (χ4v) is 3.97. The van der Waals surface area contributed by atoms with E-state index >= 15 is 0 Å². The molecule has 0 atom stereocenters. The van der Waals surface area contributed by atoms with Crippen molar-refractivity contribution in [3.8, 4) is 11.3 Å². The lowest BCUT2D eigenvalue weighted by Gasteiger charge is -2.08. The molecule has 5 nitrogen and oxygen atoms in total. The van der Waals surface area contributed by atoms with Gasteiger partial charge in [-0.15, -0.1) is 0 Å². The predicted molar refractivity (Wildman–Crippen MR) is 117 cm³/mol. The van der Waals surface area contributed by atoms with E-state index in [9.17, 15) is 0 Å². The van der Waals surface area contributed by atoms with E-state index in [1.807, 2.05) is 53.0 Å². The summed E-state index contributed by atoms with van der Waals surface area (Å²) in [6.45, 7) is 0. The molecule has 4 aromatic heterocycles. The molecular formula is C22H11Cl2N5. The molecule has 0 fully saturated rings. The van der Waals surface area contributed by atoms with Crippen molar-refractivity contribution in [3.05, 3.63) is 77.0 Å². The molecular weight excluding hydrogens is 405 g/mol. The second-order valence-electron chi connectivity index (χ2n) is 6.74. The Morgan fingerprint density at radius 2 is 1.41 bits per heavy atom. The second kappa shape index (κ2) is 6.11. The van der Waals surface area contributed by atoms with E-state index in [0.717, 1.165) is 38.6 Å². The molecule has 0 radical (unpaired) electrons. The maximum Gasteiger partial charge on any atom is 0.180 e. The van der Waals surface area contributed by atoms with Crippen LogP contribution in [0.5, 0.6) is 0 Å². The van der Waals surface area contributed by atoms with Gasteiger partial charge < -0.3 is 0 Å². The van der Waals surface area contributed by atoms with Gasteiger partial charge in [0.15, 0.2) is 16.0 Å². The first-order valence-corrected chi connectivity index (χ1v) is 9.74. The number of rotatable bonds is 1. The minimum absolute atomic E-state index is 0.141. The van der Waals surface area contributed by atoms with Crippen molar-refractivity contribution in [2.75, 3.05) is 0 Å². The summed E-state index contributed by atoms with van der Waals surface area (Å²) in [5.74, 6) is 0. The Hall–Kier alpha value is -3.28. The lowest BCUT2D eigenvalue weighted by Crippen LogP contribution is -1.98. The SMILES string of the molecule is Clc1nc2cc3c(nc2nc1Cl)c1ccccc1c1cc(-c2ccccc2)nn13. The molecule has 6 rings (SSSR count). The molecule has 0 aliphatic carbocycles. The third-order valence-corrected chi connectivity index (χ3v) is 5.64. The van der Waals surface area contributed by atoms with Crippen LogP contribution in [0.3, 0.4) is 0 Å². The van der Waals surface area contributed by atoms with Crippen molar-refractivity contribution < 1.29 is 0 Å². The Balaban J connectivity index is 1.81. The van der Waals surface area contributed by atoms with Gasteiger partial charge in [-0.25, -0.2) is 19.5 Å². The number of hydrogen-bond acceptors (Lipinski definition) is 4. The minimum Gasteiger partial charge on any atom is -0.230 e. The van der Waals surface area contributed by atoms with Gasteiger partial charge in [0.2, 0.25) is 0 Å². The summed E-state index contributed by atoms with van der Waals surface area (Å²) in [5.41, 5.74) is 5.59. The molecule has 6 aromatic rings. The molecule has 138 valence electrons. The largest absolute Gasteiger partial charge is 0.230 e. The number of hydrogen-bond donors (Lipinski definition) is 0. The lowest BCUT2D eigenvalue weighted by atomic mass is 10.1. The standard InChI is InChI=1S/C22H11Cl2N5/c23-20-21(24)27-22-16(25-20)11-18-19(26-22)14-9-5-4-8-13(14)17-10-15(28-29(17)18)12-6-2-1-3-7-12/h1-11H. The van der Waals surface area contributed by atoms with Crippen molar-refractivity contribution in [2.24, 2.45) is 0 Å². The molecule has 29 heavy (non-hydrogen) atoms. The smallest absolute Gasteiger partial charge is 0.180 e. The van der Waals surface area contributed by atoms with Crippen LogP contribution in [0.4, 0.5) is 0 Å². The Morgan fingerprint density at radius 3 is 2.24 bits per heavy atom. The van der Waals surface area contributed by atoms with Gasteiger partial charge >= 0.3 is 0 Å². The predicted octanol–water partition coefficient (Wildman–Crippen LogP) is 5.95. The molecule has 0 saturated carbocycles. The lowest BCUT2D eigenvalue weighted by molar-refractivity contribution is 1.01. The number of pyridine rings is 2. The highest BCUT2D eigenvalue weighted by Crippen LogP contribution is 2.32. The molecule has 2 aromatic carbocycles. The Morgan fingerprint density at radius 1 is 0.690 bits per heavy atom. The average molecular weight is 416 g/mol. The second-order valence-corrected chi connectivity index (χ2v) is 7.46. The van der Waals surface area contributed by atoms with Gasteiger partial charge in [-0.2, -0.15) is 5.10 Å². The van der Waals surface area contributed by atoms with Crippen LogP contribution in [0.15, 0.2) is 66.7 Å². The molecule has 0 saturated heterocycles. The van der Waals surface area contributed by atoms with E-state index in [1.54, 1.807) is 0 Å². The minimum atomic E-state index is 0.141. The summed E-state index contributed by atoms with van der Waals surface area (Å²) in [6.07, 6.45) is 0. The van der Waals surface area contributed by atoms with Crippen molar-refractivity contribution in [2.45, 2.75) is 0 Å². The topological polar surface area (TPSA) is 56.0 Å². The van der Waals surface area contributed by atoms with Gasteiger partial charge in [0.05, 0.1) is 22.2 Å². The summed E-state index contributed by atoms with van der Waals surface area (Å²) in [5, 5.41) is 7.26. The molecule has 0 aliphatic heterocycles. The molecule has 0 aliphatic rings. The van der Waals surface area contributed by atoms with Gasteiger partial charge in [-0.05, 0) is 12.1 Å². The quantitative estimate of drug-likeness (QED) is 0.245. The molecule has 0 bridgehead atoms. The van der Waals surface area contributed by atoms with Gasteiger partial charge in [0.1, 0.15) is 5.52 Å². The van der Waals surface area contributed by atoms with E-state index in [2.05, 4.69) is 28.2 Å². The van der Waals surface area contributed by atoms with Crippen molar-refractivity contribution in [3.63, 3.8) is 0 Å². The van der Waals surface area contributed by atoms with Crippen molar-refractivity contribution >= 4 is 61.7 Å². The van der Waals surface area contributed by atoms with E-state index < -0.39 is 0 Å². The van der Waals surface area contributed by atoms with Crippen LogP contribution in [0.25, 0.3) is 49.7 Å². The monoisotopic (exact) mass is 415 g/mol. The number of aromatic nitrogens is 5. The zero-order chi connectivity index (χ0) is 19.5. The van der Waals surface area contributed by atoms with Crippen LogP contribution in [-0.2, 0) is 0 Å². The summed E-state index contributed by atoms with van der Waals surface area (Å²) in [4.78, 5) is 13.4. The van der Waals surface area contributed by atoms with Crippen molar-refractivity contribution in [1.29, 1.82) is 0 Å². The van der Waals surface area contributed by atoms with Crippen molar-refractivity contribution in [1.82, 2.24) is 24.6 Å². The summed E-state index contributed by atoms with van der Waals surface area (Å²) in [6, 6.07) is 22.3. The maximum atomic E-state index is 6.08. The number of benzene rings is 2. The maximum absolute atomic E-state index is 6.08. The highest BCUT2D eigenvalue weighted by Gasteiger charge is 2.16. The first-order valence-electron chi connectivity index (χ1n) is 8.98. The van der Waals surface area contributed by atoms with Gasteiger partial charge in [0, 0.05) is 16.3 Å². The number of nitrogens with zero attached hydrogens (tertiary/aromatic N) is 5. The van der Waals surface area contributed by atoms with Gasteiger partial charge in [-0.3, -0.25) is 0 Å². The first kappa shape index (κ1) is 16.7. The van der Waals surface area contributed by atoms with Gasteiger partial charge in [0.25, 0.3) is 0 Å². The Bertz CT molecular complexity index is 1580. The highest BCUT2D eigenvalue weighted by molar-refractivity contribution is 6.40. The van der Waals surface area contributed by atoms with Crippen LogP contribution in [0, 0.1) is 0 Å². The molecule has 0 N–H and O–H groups in total. The number of fused-ring (bicyclic) bond motifs is 7. The van der Waals surface area contributed by atoms with Crippen LogP contribution < -0.4 is 0 Å². The summed E-state index contributed by atoms with van der Waals surface area (Å²) < 4.78 is 1.91. The summed E-state index contributed by atoms with van der Waals surface area (Å²) in [7, 11) is 0. The normalized spacial score (nSPS) is 11.8. The fourth-order valence-electron chi connectivity index (χ4n) is 3.72. The first-order chi connectivity index (χ1) is 14.2. The third kappa shape index (κ3) is 2.48. The zero-order valence-electron chi connectivity index (χ0n) is 14.8. The Labute approximate surface area is 174 Å². The molecule has 0 amide bonds. The fraction of sp³-hybridized carbons (Fsp3) is 0. The highest BCUT2D eigenvalue weighted by atomic mass is 35.5. The van der Waals surface area contributed by atoms with Crippen LogP contribution >= 0.6 is 23.2 Å². The van der Waals surface area contributed by atoms with Gasteiger partial charge in [-0.1, -0.05) is 77.8 Å². The zero-order valence-corrected chi connectivity index (χ0v) is 16.4. The Kier molecular flexibility index (Phi) is 3.51. The van der Waals surface area contributed by atoms with Crippen LogP contribution in [-0.4, -0.2) is 24.6 Å². The van der Waals surface area contributed by atoms with Crippen LogP contribution in [0.2, 0.25) is 10.3 Å². The molecule has 4 heterocycles. The molecule has 7 heteroatoms. The van der Waals surface area contributed by atoms with Crippen LogP contribution in [0.1, 0.15) is 0 Å². The van der Waals surface area contributed by atoms with E-state index in [0.29, 0.717) is 11.2 Å². The number of halogens is 2. The van der Waals surface area contributed by atoms with E-state index in [1.165, 1.54) is 0 Å². The summed E-state index contributed by atoms with van der Waals surface area (Å²) >= 11 is 12.1. The third-order valence-electron chi connectivity index (χ3n) is 5.02. The molecule has 0 unspecified atom stereocenters.